The van der Waals surface area contributed by atoms with E-state index in [-0.39, 0.29) is 6.10 Å². The lowest BCUT2D eigenvalue weighted by Gasteiger charge is -2.16. The lowest BCUT2D eigenvalue weighted by molar-refractivity contribution is -0.141. The molecule has 1 unspecified atom stereocenters. The van der Waals surface area contributed by atoms with Crippen molar-refractivity contribution in [1.29, 1.82) is 0 Å². The average molecular weight is 160 g/mol. The largest absolute Gasteiger partial charge is 0.504 e. The summed E-state index contributed by atoms with van der Waals surface area (Å²) in [6.45, 7) is 5.17. The zero-order valence-electron chi connectivity index (χ0n) is 6.72. The Kier molecular flexibility index (Phi) is 2.73. The van der Waals surface area contributed by atoms with Gasteiger partial charge in [0.25, 0.3) is 0 Å². The van der Waals surface area contributed by atoms with Crippen molar-refractivity contribution in [2.24, 2.45) is 0 Å². The van der Waals surface area contributed by atoms with Crippen LogP contribution in [0.4, 0.5) is 0 Å². The number of hydrogen-bond donors (Lipinski definition) is 0. The van der Waals surface area contributed by atoms with Gasteiger partial charge in [-0.1, -0.05) is 0 Å². The van der Waals surface area contributed by atoms with Gasteiger partial charge in [-0.25, -0.2) is 0 Å². The highest BCUT2D eigenvalue weighted by Crippen LogP contribution is 2.21. The van der Waals surface area contributed by atoms with Crippen LogP contribution >= 0.6 is 0 Å². The fourth-order valence-electron chi connectivity index (χ4n) is 1.03. The van der Waals surface area contributed by atoms with Gasteiger partial charge in [0.2, 0.25) is 0 Å². The van der Waals surface area contributed by atoms with E-state index in [9.17, 15) is 0 Å². The van der Waals surface area contributed by atoms with E-state index in [1.165, 1.54) is 0 Å². The van der Waals surface area contributed by atoms with Crippen molar-refractivity contribution in [3.63, 3.8) is 0 Å². The molecular formula is C6H13AlO3. The van der Waals surface area contributed by atoms with Crippen LogP contribution in [-0.2, 0) is 13.3 Å². The van der Waals surface area contributed by atoms with Gasteiger partial charge < -0.3 is 13.3 Å². The van der Waals surface area contributed by atoms with Crippen molar-refractivity contribution < 1.29 is 13.3 Å². The Hall–Kier alpha value is 0.412. The van der Waals surface area contributed by atoms with Crippen LogP contribution in [0, 0.1) is 0 Å². The van der Waals surface area contributed by atoms with Crippen LogP contribution in [0.5, 0.6) is 0 Å². The molecule has 0 aromatic carbocycles. The molecule has 0 saturated carbocycles. The first-order valence-corrected chi connectivity index (χ1v) is 4.26. The first-order valence-electron chi connectivity index (χ1n) is 3.45. The van der Waals surface area contributed by atoms with Gasteiger partial charge >= 0.3 is 16.6 Å². The molecule has 0 radical (unpaired) electrons. The molecule has 0 N–H and O–H groups in total. The summed E-state index contributed by atoms with van der Waals surface area (Å²) in [5.41, 5.74) is 0. The van der Waals surface area contributed by atoms with Gasteiger partial charge in [-0.05, 0) is 13.8 Å². The predicted octanol–water partition coefficient (Wildman–Crippen LogP) is -0.297. The molecule has 1 aliphatic rings. The minimum absolute atomic E-state index is 0.146. The van der Waals surface area contributed by atoms with Crippen molar-refractivity contribution in [3.8, 4) is 0 Å². The maximum Gasteiger partial charge on any atom is 0.410 e. The molecule has 1 rings (SSSR count). The lowest BCUT2D eigenvalue weighted by Crippen LogP contribution is -2.23. The van der Waals surface area contributed by atoms with Crippen molar-refractivity contribution in [3.05, 3.63) is 0 Å². The van der Waals surface area contributed by atoms with Crippen molar-refractivity contribution in [1.82, 2.24) is 0 Å². The molecule has 3 nitrogen and oxygen atoms in total. The molecule has 0 amide bonds. The van der Waals surface area contributed by atoms with E-state index in [0.29, 0.717) is 13.2 Å². The van der Waals surface area contributed by atoms with E-state index < -0.39 is 5.79 Å². The Balaban J connectivity index is 2.29. The molecule has 1 aliphatic heterocycles. The number of hydrogen-bond acceptors (Lipinski definition) is 3. The van der Waals surface area contributed by atoms with E-state index in [4.69, 9.17) is 13.3 Å². The fraction of sp³-hybridized carbons (Fsp3) is 1.00. The van der Waals surface area contributed by atoms with E-state index in [1.54, 1.807) is 0 Å². The van der Waals surface area contributed by atoms with Gasteiger partial charge in [-0.3, -0.25) is 0 Å². The highest BCUT2D eigenvalue weighted by atomic mass is 27.1. The third kappa shape index (κ3) is 2.23. The minimum Gasteiger partial charge on any atom is -0.504 e. The second kappa shape index (κ2) is 3.21. The quantitative estimate of drug-likeness (QED) is 0.519. The molecule has 0 bridgehead atoms. The third-order valence-electron chi connectivity index (χ3n) is 1.42. The summed E-state index contributed by atoms with van der Waals surface area (Å²) in [6, 6.07) is 0. The zero-order valence-corrected chi connectivity index (χ0v) is 8.72. The molecule has 1 fully saturated rings. The molecule has 0 aromatic rings. The van der Waals surface area contributed by atoms with Crippen molar-refractivity contribution in [2.75, 3.05) is 13.2 Å². The summed E-state index contributed by atoms with van der Waals surface area (Å²) < 4.78 is 15.8. The molecule has 4 heteroatoms. The van der Waals surface area contributed by atoms with Crippen LogP contribution in [0.2, 0.25) is 0 Å². The van der Waals surface area contributed by atoms with Crippen molar-refractivity contribution >= 4 is 16.6 Å². The Bertz CT molecular complexity index is 116. The minimum atomic E-state index is -0.398. The lowest BCUT2D eigenvalue weighted by atomic mass is 10.4. The Labute approximate surface area is 69.4 Å². The van der Waals surface area contributed by atoms with Crippen LogP contribution in [-0.4, -0.2) is 41.7 Å². The van der Waals surface area contributed by atoms with Crippen LogP contribution in [0.3, 0.4) is 0 Å². The molecule has 0 aliphatic carbocycles. The molecule has 0 spiro atoms. The van der Waals surface area contributed by atoms with Gasteiger partial charge in [0.1, 0.15) is 6.10 Å². The first kappa shape index (κ1) is 8.51. The molecule has 58 valence electrons. The summed E-state index contributed by atoms with van der Waals surface area (Å²) in [5.74, 6) is -0.398. The first-order chi connectivity index (χ1) is 4.64. The normalized spacial score (nSPS) is 30.8. The topological polar surface area (TPSA) is 27.7 Å². The van der Waals surface area contributed by atoms with Gasteiger partial charge in [0.15, 0.2) is 5.79 Å². The average Bonchev–Trinajstić information content (AvgIpc) is 2.12. The smallest absolute Gasteiger partial charge is 0.410 e. The Morgan fingerprint density at radius 1 is 1.70 bits per heavy atom. The summed E-state index contributed by atoms with van der Waals surface area (Å²) in [4.78, 5) is 0. The zero-order chi connectivity index (χ0) is 7.61. The number of ether oxygens (including phenoxy) is 2. The van der Waals surface area contributed by atoms with E-state index in [0.717, 1.165) is 16.6 Å². The molecular weight excluding hydrogens is 147 g/mol. The second-order valence-electron chi connectivity index (χ2n) is 2.91. The van der Waals surface area contributed by atoms with Crippen LogP contribution in [0.15, 0.2) is 0 Å². The Morgan fingerprint density at radius 2 is 2.40 bits per heavy atom. The molecule has 10 heavy (non-hydrogen) atoms. The van der Waals surface area contributed by atoms with Crippen LogP contribution in [0.1, 0.15) is 13.8 Å². The maximum atomic E-state index is 5.46. The summed E-state index contributed by atoms with van der Waals surface area (Å²) >= 11 is 0.773. The summed E-state index contributed by atoms with van der Waals surface area (Å²) in [7, 11) is 0. The van der Waals surface area contributed by atoms with Crippen LogP contribution in [0.25, 0.3) is 0 Å². The molecule has 1 atom stereocenters. The number of rotatable bonds is 2. The van der Waals surface area contributed by atoms with E-state index in [2.05, 4.69) is 0 Å². The molecule has 1 heterocycles. The van der Waals surface area contributed by atoms with Crippen LogP contribution < -0.4 is 0 Å². The van der Waals surface area contributed by atoms with Gasteiger partial charge in [-0.2, -0.15) is 0 Å². The molecule has 0 aromatic heterocycles. The van der Waals surface area contributed by atoms with Gasteiger partial charge in [-0.15, -0.1) is 0 Å². The van der Waals surface area contributed by atoms with E-state index >= 15 is 0 Å². The summed E-state index contributed by atoms with van der Waals surface area (Å²) in [5, 5.41) is 0. The maximum absolute atomic E-state index is 5.46. The van der Waals surface area contributed by atoms with Crippen molar-refractivity contribution in [2.45, 2.75) is 25.7 Å². The van der Waals surface area contributed by atoms with Gasteiger partial charge in [0, 0.05) is 6.61 Å². The highest BCUT2D eigenvalue weighted by molar-refractivity contribution is 5.97. The Morgan fingerprint density at radius 3 is 2.80 bits per heavy atom. The van der Waals surface area contributed by atoms with Gasteiger partial charge in [0.05, 0.1) is 6.61 Å². The fourth-order valence-corrected chi connectivity index (χ4v) is 1.40. The standard InChI is InChI=1S/C6H11O3.Al.2H/c1-6(2)8-4-5(3-7)9-6;;;/h5H,3-4H2,1-2H3;;;/q-1;+1;;. The predicted molar refractivity (Wildman–Crippen MR) is 39.4 cm³/mol. The third-order valence-corrected chi connectivity index (χ3v) is 1.75. The highest BCUT2D eigenvalue weighted by Gasteiger charge is 2.31. The SMILES string of the molecule is CC1(C)OCC(C[O][AlH2])O1. The van der Waals surface area contributed by atoms with E-state index in [1.807, 2.05) is 13.8 Å². The molecule has 1 saturated heterocycles. The second-order valence-corrected chi connectivity index (χ2v) is 3.48. The monoisotopic (exact) mass is 160 g/mol. The summed E-state index contributed by atoms with van der Waals surface area (Å²) in [6.07, 6.45) is 0.146.